The van der Waals surface area contributed by atoms with E-state index in [0.29, 0.717) is 26.1 Å². The summed E-state index contributed by atoms with van der Waals surface area (Å²) in [5.41, 5.74) is 5.30. The maximum absolute atomic E-state index is 12.5. The fourth-order valence-corrected chi connectivity index (χ4v) is 2.01. The monoisotopic (exact) mass is 226 g/mol. The molecule has 1 rings (SSSR count). The molecule has 15 heavy (non-hydrogen) atoms. The third kappa shape index (κ3) is 3.32. The van der Waals surface area contributed by atoms with Gasteiger partial charge in [-0.05, 0) is 19.5 Å². The van der Waals surface area contributed by atoms with Crippen LogP contribution in [-0.4, -0.2) is 49.0 Å². The summed E-state index contributed by atoms with van der Waals surface area (Å²) >= 11 is 0. The van der Waals surface area contributed by atoms with E-state index in [2.05, 4.69) is 0 Å². The van der Waals surface area contributed by atoms with Crippen LogP contribution in [0.2, 0.25) is 0 Å². The second kappa shape index (κ2) is 5.14. The molecule has 0 saturated carbocycles. The van der Waals surface area contributed by atoms with Crippen molar-refractivity contribution in [3.8, 4) is 0 Å². The van der Waals surface area contributed by atoms with E-state index in [4.69, 9.17) is 10.8 Å². The summed E-state index contributed by atoms with van der Waals surface area (Å²) in [6, 6.07) is 0. The molecule has 0 amide bonds. The maximum atomic E-state index is 12.5. The number of alkyl halides is 3. The highest BCUT2D eigenvalue weighted by Gasteiger charge is 2.48. The van der Waals surface area contributed by atoms with Crippen LogP contribution in [-0.2, 0) is 0 Å². The van der Waals surface area contributed by atoms with Crippen LogP contribution in [0.5, 0.6) is 0 Å². The molecule has 1 aliphatic heterocycles. The molecule has 0 aliphatic carbocycles. The fourth-order valence-electron chi connectivity index (χ4n) is 2.01. The highest BCUT2D eigenvalue weighted by molar-refractivity contribution is 4.87. The highest BCUT2D eigenvalue weighted by Crippen LogP contribution is 2.37. The van der Waals surface area contributed by atoms with Crippen molar-refractivity contribution >= 4 is 0 Å². The quantitative estimate of drug-likeness (QED) is 0.731. The molecule has 3 nitrogen and oxygen atoms in total. The Morgan fingerprint density at radius 3 is 2.40 bits per heavy atom. The van der Waals surface area contributed by atoms with Crippen LogP contribution in [0.15, 0.2) is 0 Å². The van der Waals surface area contributed by atoms with Gasteiger partial charge >= 0.3 is 6.18 Å². The first-order valence-corrected chi connectivity index (χ1v) is 5.09. The van der Waals surface area contributed by atoms with E-state index >= 15 is 0 Å². The van der Waals surface area contributed by atoms with Gasteiger partial charge < -0.3 is 15.7 Å². The molecular weight excluding hydrogens is 209 g/mol. The highest BCUT2D eigenvalue weighted by atomic mass is 19.4. The van der Waals surface area contributed by atoms with Gasteiger partial charge in [-0.3, -0.25) is 0 Å². The summed E-state index contributed by atoms with van der Waals surface area (Å²) in [7, 11) is 0. The summed E-state index contributed by atoms with van der Waals surface area (Å²) in [6.07, 6.45) is -3.51. The summed E-state index contributed by atoms with van der Waals surface area (Å²) in [6.45, 7) is 0.981. The van der Waals surface area contributed by atoms with E-state index in [1.165, 1.54) is 0 Å². The Bertz CT molecular complexity index is 198. The van der Waals surface area contributed by atoms with Crippen LogP contribution in [0.25, 0.3) is 0 Å². The van der Waals surface area contributed by atoms with Gasteiger partial charge in [0.05, 0.1) is 5.92 Å². The van der Waals surface area contributed by atoms with Crippen molar-refractivity contribution in [3.63, 3.8) is 0 Å². The normalized spacial score (nSPS) is 28.6. The second-order valence-electron chi connectivity index (χ2n) is 3.99. The number of aliphatic hydroxyl groups is 1. The topological polar surface area (TPSA) is 49.5 Å². The summed E-state index contributed by atoms with van der Waals surface area (Å²) in [5, 5.41) is 8.89. The average Bonchev–Trinajstić information content (AvgIpc) is 2.57. The predicted molar refractivity (Wildman–Crippen MR) is 50.2 cm³/mol. The van der Waals surface area contributed by atoms with Crippen molar-refractivity contribution in [1.29, 1.82) is 0 Å². The third-order valence-corrected chi connectivity index (χ3v) is 2.85. The van der Waals surface area contributed by atoms with Gasteiger partial charge in [0.2, 0.25) is 0 Å². The van der Waals surface area contributed by atoms with Crippen molar-refractivity contribution in [2.24, 2.45) is 17.6 Å². The third-order valence-electron chi connectivity index (χ3n) is 2.85. The lowest BCUT2D eigenvalue weighted by Crippen LogP contribution is -2.31. The van der Waals surface area contributed by atoms with Gasteiger partial charge in [0, 0.05) is 25.6 Å². The number of halogens is 3. The predicted octanol–water partition coefficient (Wildman–Crippen LogP) is 0.438. The zero-order valence-corrected chi connectivity index (χ0v) is 8.50. The Labute approximate surface area is 87.0 Å². The van der Waals surface area contributed by atoms with Gasteiger partial charge in [0.25, 0.3) is 0 Å². The fraction of sp³-hybridized carbons (Fsp3) is 1.00. The van der Waals surface area contributed by atoms with E-state index in [0.717, 1.165) is 0 Å². The number of rotatable bonds is 4. The Hall–Kier alpha value is -0.330. The smallest absolute Gasteiger partial charge is 0.393 e. The molecule has 2 unspecified atom stereocenters. The Morgan fingerprint density at radius 1 is 1.33 bits per heavy atom. The Balaban J connectivity index is 2.51. The molecular formula is C9H17F3N2O. The summed E-state index contributed by atoms with van der Waals surface area (Å²) in [5.74, 6) is -2.07. The first kappa shape index (κ1) is 12.7. The van der Waals surface area contributed by atoms with Crippen LogP contribution in [0.1, 0.15) is 6.42 Å². The first-order chi connectivity index (χ1) is 6.99. The molecule has 6 heteroatoms. The van der Waals surface area contributed by atoms with E-state index in [9.17, 15) is 13.2 Å². The summed E-state index contributed by atoms with van der Waals surface area (Å²) < 4.78 is 37.6. The van der Waals surface area contributed by atoms with Crippen LogP contribution >= 0.6 is 0 Å². The molecule has 0 radical (unpaired) electrons. The van der Waals surface area contributed by atoms with Gasteiger partial charge in [-0.2, -0.15) is 13.2 Å². The number of hydrogen-bond donors (Lipinski definition) is 2. The van der Waals surface area contributed by atoms with Gasteiger partial charge in [-0.15, -0.1) is 0 Å². The van der Waals surface area contributed by atoms with Crippen LogP contribution in [0.4, 0.5) is 13.2 Å². The molecule has 0 aromatic rings. The Kier molecular flexibility index (Phi) is 4.36. The van der Waals surface area contributed by atoms with Crippen molar-refractivity contribution in [2.45, 2.75) is 12.6 Å². The summed E-state index contributed by atoms with van der Waals surface area (Å²) in [4.78, 5) is 1.73. The van der Waals surface area contributed by atoms with Crippen LogP contribution in [0, 0.1) is 11.8 Å². The van der Waals surface area contributed by atoms with Gasteiger partial charge in [-0.25, -0.2) is 0 Å². The molecule has 1 heterocycles. The zero-order valence-electron chi connectivity index (χ0n) is 8.50. The average molecular weight is 226 g/mol. The molecule has 0 spiro atoms. The molecule has 1 aliphatic rings. The minimum Gasteiger partial charge on any atom is -0.396 e. The second-order valence-corrected chi connectivity index (χ2v) is 3.99. The number of hydrogen-bond acceptors (Lipinski definition) is 3. The Morgan fingerprint density at radius 2 is 2.00 bits per heavy atom. The van der Waals surface area contributed by atoms with Gasteiger partial charge in [0.15, 0.2) is 0 Å². The minimum absolute atomic E-state index is 0.00523. The number of nitrogens with zero attached hydrogens (tertiary/aromatic N) is 1. The number of likely N-dealkylation sites (tertiary alicyclic amines) is 1. The largest absolute Gasteiger partial charge is 0.396 e. The lowest BCUT2D eigenvalue weighted by Gasteiger charge is -2.19. The zero-order chi connectivity index (χ0) is 11.5. The molecule has 2 atom stereocenters. The van der Waals surface area contributed by atoms with E-state index in [1.54, 1.807) is 4.90 Å². The molecule has 0 aromatic heterocycles. The first-order valence-electron chi connectivity index (χ1n) is 5.09. The van der Waals surface area contributed by atoms with Crippen molar-refractivity contribution < 1.29 is 18.3 Å². The minimum atomic E-state index is -4.20. The molecule has 90 valence electrons. The van der Waals surface area contributed by atoms with E-state index in [1.807, 2.05) is 0 Å². The molecule has 1 fully saturated rings. The standard InChI is InChI=1S/C9H17F3N2O/c10-9(11,12)8-5-14(3-1-2-13)4-7(8)6-15/h7-8,15H,1-6,13H2. The SMILES string of the molecule is NCCCN1CC(CO)C(C(F)(F)F)C1. The van der Waals surface area contributed by atoms with E-state index in [-0.39, 0.29) is 6.54 Å². The molecule has 0 bridgehead atoms. The van der Waals surface area contributed by atoms with Crippen molar-refractivity contribution in [1.82, 2.24) is 4.90 Å². The van der Waals surface area contributed by atoms with E-state index < -0.39 is 24.6 Å². The lowest BCUT2D eigenvalue weighted by atomic mass is 9.97. The van der Waals surface area contributed by atoms with Crippen molar-refractivity contribution in [3.05, 3.63) is 0 Å². The maximum Gasteiger partial charge on any atom is 0.393 e. The van der Waals surface area contributed by atoms with Crippen molar-refractivity contribution in [2.75, 3.05) is 32.8 Å². The number of nitrogens with two attached hydrogens (primary N) is 1. The van der Waals surface area contributed by atoms with Gasteiger partial charge in [-0.1, -0.05) is 0 Å². The molecule has 0 aromatic carbocycles. The van der Waals surface area contributed by atoms with Gasteiger partial charge in [0.1, 0.15) is 0 Å². The molecule has 3 N–H and O–H groups in total. The lowest BCUT2D eigenvalue weighted by molar-refractivity contribution is -0.183. The molecule has 1 saturated heterocycles. The van der Waals surface area contributed by atoms with Crippen LogP contribution in [0.3, 0.4) is 0 Å². The number of aliphatic hydroxyl groups excluding tert-OH is 1. The van der Waals surface area contributed by atoms with Crippen LogP contribution < -0.4 is 5.73 Å².